The van der Waals surface area contributed by atoms with Gasteiger partial charge in [-0.3, -0.25) is 14.2 Å². The molecule has 0 bridgehead atoms. The van der Waals surface area contributed by atoms with Crippen molar-refractivity contribution in [3.8, 4) is 11.6 Å². The number of aromatic nitrogens is 5. The van der Waals surface area contributed by atoms with Crippen LogP contribution in [0.3, 0.4) is 0 Å². The van der Waals surface area contributed by atoms with Crippen molar-refractivity contribution in [2.75, 3.05) is 5.32 Å². The van der Waals surface area contributed by atoms with Crippen LogP contribution in [0, 0.1) is 0 Å². The van der Waals surface area contributed by atoms with E-state index in [2.05, 4.69) is 25.7 Å². The molecule has 31 heavy (non-hydrogen) atoms. The fraction of sp³-hybridized carbons (Fsp3) is 0.150. The van der Waals surface area contributed by atoms with E-state index >= 15 is 0 Å². The highest BCUT2D eigenvalue weighted by atomic mass is 19.1. The van der Waals surface area contributed by atoms with Crippen LogP contribution in [-0.2, 0) is 0 Å². The van der Waals surface area contributed by atoms with Gasteiger partial charge in [0.25, 0.3) is 11.5 Å². The fourth-order valence-corrected chi connectivity index (χ4v) is 3.13. The Labute approximate surface area is 174 Å². The predicted octanol–water partition coefficient (Wildman–Crippen LogP) is 1.56. The van der Waals surface area contributed by atoms with E-state index in [-0.39, 0.29) is 40.6 Å². The van der Waals surface area contributed by atoms with Gasteiger partial charge in [0.1, 0.15) is 17.7 Å². The summed E-state index contributed by atoms with van der Waals surface area (Å²) < 4.78 is 15.6. The molecule has 4 aromatic heterocycles. The number of carbonyl (C=O) groups excluding carboxylic acids is 1. The van der Waals surface area contributed by atoms with Crippen LogP contribution in [-0.4, -0.2) is 47.4 Å². The third kappa shape index (κ3) is 3.45. The molecule has 1 fully saturated rings. The molecular formula is C20H16FN7O3. The molecule has 0 aromatic carbocycles. The minimum absolute atomic E-state index is 0.0343. The number of hydrogen-bond acceptors (Lipinski definition) is 7. The summed E-state index contributed by atoms with van der Waals surface area (Å²) in [4.78, 5) is 33.4. The number of nitrogens with one attached hydrogen (secondary N) is 2. The highest BCUT2D eigenvalue weighted by Crippen LogP contribution is 2.26. The maximum absolute atomic E-state index is 13.1. The van der Waals surface area contributed by atoms with Gasteiger partial charge in [-0.2, -0.15) is 0 Å². The lowest BCUT2D eigenvalue weighted by molar-refractivity contribution is 0.0940. The number of imidazole rings is 1. The van der Waals surface area contributed by atoms with E-state index in [4.69, 9.17) is 0 Å². The molecule has 0 spiro atoms. The molecule has 1 amide bonds. The summed E-state index contributed by atoms with van der Waals surface area (Å²) in [6.07, 6.45) is 3.62. The summed E-state index contributed by atoms with van der Waals surface area (Å²) in [6.45, 7) is 0. The highest BCUT2D eigenvalue weighted by molar-refractivity contribution is 5.94. The third-order valence-corrected chi connectivity index (χ3v) is 4.82. The fourth-order valence-electron chi connectivity index (χ4n) is 3.13. The van der Waals surface area contributed by atoms with Crippen molar-refractivity contribution in [1.82, 2.24) is 29.5 Å². The number of rotatable bonds is 5. The second-order valence-electron chi connectivity index (χ2n) is 7.04. The van der Waals surface area contributed by atoms with Gasteiger partial charge in [-0.1, -0.05) is 6.07 Å². The van der Waals surface area contributed by atoms with Crippen molar-refractivity contribution < 1.29 is 14.3 Å². The molecule has 0 unspecified atom stereocenters. The van der Waals surface area contributed by atoms with Gasteiger partial charge >= 0.3 is 0 Å². The molecule has 0 radical (unpaired) electrons. The smallest absolute Gasteiger partial charge is 0.279 e. The number of anilines is 2. The van der Waals surface area contributed by atoms with E-state index in [1.54, 1.807) is 42.7 Å². The summed E-state index contributed by atoms with van der Waals surface area (Å²) in [5.41, 5.74) is -0.105. The molecule has 2 atom stereocenters. The number of nitrogens with zero attached hydrogens (tertiary/aromatic N) is 5. The van der Waals surface area contributed by atoms with Crippen molar-refractivity contribution in [2.45, 2.75) is 18.6 Å². The minimum Gasteiger partial charge on any atom is -0.504 e. The average molecular weight is 421 g/mol. The topological polar surface area (TPSA) is 126 Å². The van der Waals surface area contributed by atoms with Crippen LogP contribution in [0.15, 0.2) is 59.8 Å². The van der Waals surface area contributed by atoms with Crippen LogP contribution in [0.1, 0.15) is 16.9 Å². The zero-order valence-corrected chi connectivity index (χ0v) is 15.9. The Kier molecular flexibility index (Phi) is 4.35. The van der Waals surface area contributed by atoms with Gasteiger partial charge in [0.15, 0.2) is 22.9 Å². The van der Waals surface area contributed by atoms with Gasteiger partial charge in [0.2, 0.25) is 0 Å². The Balaban J connectivity index is 1.49. The number of hydrogen-bond donors (Lipinski definition) is 3. The van der Waals surface area contributed by atoms with Crippen LogP contribution in [0.5, 0.6) is 5.75 Å². The molecule has 4 heterocycles. The molecule has 1 aliphatic carbocycles. The Morgan fingerprint density at radius 2 is 2.06 bits per heavy atom. The zero-order valence-electron chi connectivity index (χ0n) is 15.9. The largest absolute Gasteiger partial charge is 0.504 e. The standard InChI is InChI=1S/C20H16FN7O3/c21-11-8-13(11)25-19(30)14-10-23-18-15(29)9-16(26-28(14)18)24-12-4-3-7-27(20(12)31)17-5-1-2-6-22-17/h1-7,9-11,13,29H,8H2,(H,24,26)(H,25,30)/t11-,13+/m0/s1. The summed E-state index contributed by atoms with van der Waals surface area (Å²) >= 11 is 0. The number of alkyl halides is 1. The van der Waals surface area contributed by atoms with Gasteiger partial charge in [0.05, 0.1) is 12.2 Å². The lowest BCUT2D eigenvalue weighted by Gasteiger charge is -2.10. The van der Waals surface area contributed by atoms with E-state index in [0.717, 1.165) is 4.52 Å². The molecule has 5 rings (SSSR count). The number of halogens is 1. The quantitative estimate of drug-likeness (QED) is 0.446. The maximum Gasteiger partial charge on any atom is 0.279 e. The summed E-state index contributed by atoms with van der Waals surface area (Å²) in [7, 11) is 0. The summed E-state index contributed by atoms with van der Waals surface area (Å²) in [6, 6.07) is 9.19. The highest BCUT2D eigenvalue weighted by Gasteiger charge is 2.39. The van der Waals surface area contributed by atoms with Crippen LogP contribution < -0.4 is 16.2 Å². The van der Waals surface area contributed by atoms with Crippen molar-refractivity contribution in [3.05, 3.63) is 71.0 Å². The Bertz CT molecular complexity index is 1350. The number of pyridine rings is 2. The van der Waals surface area contributed by atoms with Crippen molar-refractivity contribution in [1.29, 1.82) is 0 Å². The Hall–Kier alpha value is -4.28. The van der Waals surface area contributed by atoms with Gasteiger partial charge in [-0.15, -0.1) is 5.10 Å². The normalized spacial score (nSPS) is 17.5. The van der Waals surface area contributed by atoms with Gasteiger partial charge < -0.3 is 15.7 Å². The third-order valence-electron chi connectivity index (χ3n) is 4.82. The van der Waals surface area contributed by atoms with Crippen molar-refractivity contribution in [2.24, 2.45) is 0 Å². The first-order chi connectivity index (χ1) is 15.0. The van der Waals surface area contributed by atoms with Gasteiger partial charge in [0, 0.05) is 24.9 Å². The monoisotopic (exact) mass is 421 g/mol. The first-order valence-corrected chi connectivity index (χ1v) is 9.44. The molecule has 1 aliphatic rings. The molecule has 156 valence electrons. The number of fused-ring (bicyclic) bond motifs is 1. The second-order valence-corrected chi connectivity index (χ2v) is 7.04. The zero-order chi connectivity index (χ0) is 21.5. The van der Waals surface area contributed by atoms with Crippen molar-refractivity contribution in [3.63, 3.8) is 0 Å². The van der Waals surface area contributed by atoms with E-state index < -0.39 is 18.1 Å². The number of aromatic hydroxyl groups is 1. The Morgan fingerprint density at radius 3 is 2.81 bits per heavy atom. The molecule has 3 N–H and O–H groups in total. The van der Waals surface area contributed by atoms with Gasteiger partial charge in [-0.25, -0.2) is 18.9 Å². The van der Waals surface area contributed by atoms with E-state index in [9.17, 15) is 19.1 Å². The number of amides is 1. The predicted molar refractivity (Wildman–Crippen MR) is 109 cm³/mol. The van der Waals surface area contributed by atoms with Crippen LogP contribution in [0.25, 0.3) is 11.5 Å². The minimum atomic E-state index is -1.05. The SMILES string of the molecule is O=C(N[C@@H]1C[C@@H]1F)c1cnc2c(O)cc(Nc3cccn(-c4ccccn4)c3=O)nn12. The lowest BCUT2D eigenvalue weighted by Crippen LogP contribution is -2.28. The Morgan fingerprint density at radius 1 is 1.23 bits per heavy atom. The molecule has 0 aliphatic heterocycles. The second kappa shape index (κ2) is 7.20. The van der Waals surface area contributed by atoms with E-state index in [1.807, 2.05) is 0 Å². The number of carbonyl (C=O) groups is 1. The van der Waals surface area contributed by atoms with Crippen LogP contribution in [0.4, 0.5) is 15.9 Å². The maximum atomic E-state index is 13.1. The van der Waals surface area contributed by atoms with E-state index in [0.29, 0.717) is 5.82 Å². The first kappa shape index (κ1) is 18.7. The molecule has 0 saturated heterocycles. The van der Waals surface area contributed by atoms with Crippen LogP contribution >= 0.6 is 0 Å². The molecule has 4 aromatic rings. The van der Waals surface area contributed by atoms with E-state index in [1.165, 1.54) is 16.8 Å². The van der Waals surface area contributed by atoms with Crippen molar-refractivity contribution >= 4 is 23.1 Å². The lowest BCUT2D eigenvalue weighted by atomic mass is 10.3. The average Bonchev–Trinajstić information content (AvgIpc) is 3.28. The van der Waals surface area contributed by atoms with Crippen LogP contribution in [0.2, 0.25) is 0 Å². The molecule has 10 nitrogen and oxygen atoms in total. The molecule has 11 heteroatoms. The first-order valence-electron chi connectivity index (χ1n) is 9.44. The molecular weight excluding hydrogens is 405 g/mol. The van der Waals surface area contributed by atoms with Gasteiger partial charge in [-0.05, 0) is 24.3 Å². The summed E-state index contributed by atoms with van der Waals surface area (Å²) in [5.74, 6) is -0.240. The molecule has 1 saturated carbocycles. The summed E-state index contributed by atoms with van der Waals surface area (Å²) in [5, 5.41) is 20.0.